The van der Waals surface area contributed by atoms with Gasteiger partial charge in [0.25, 0.3) is 11.4 Å². The third-order valence-electron chi connectivity index (χ3n) is 4.04. The summed E-state index contributed by atoms with van der Waals surface area (Å²) in [6.07, 6.45) is -0.144. The summed E-state index contributed by atoms with van der Waals surface area (Å²) in [6.45, 7) is -0.669. The Morgan fingerprint density at radius 1 is 0.774 bits per heavy atom. The first kappa shape index (κ1) is 24.0. The Kier molecular flexibility index (Phi) is 8.71. The predicted octanol–water partition coefficient (Wildman–Crippen LogP) is 4.77. The maximum atomic E-state index is 11.8. The van der Waals surface area contributed by atoms with Crippen LogP contribution >= 0.6 is 23.2 Å². The largest absolute Gasteiger partial charge is 0.461 e. The molecule has 2 aromatic carbocycles. The van der Waals surface area contributed by atoms with E-state index in [4.69, 9.17) is 32.7 Å². The summed E-state index contributed by atoms with van der Waals surface area (Å²) in [7, 11) is 0. The highest BCUT2D eigenvalue weighted by Gasteiger charge is 2.20. The predicted molar refractivity (Wildman–Crippen MR) is 110 cm³/mol. The smallest absolute Gasteiger partial charge is 0.306 e. The van der Waals surface area contributed by atoms with Crippen molar-refractivity contribution in [2.75, 3.05) is 0 Å². The topological polar surface area (TPSA) is 139 Å². The summed E-state index contributed by atoms with van der Waals surface area (Å²) in [5, 5.41) is 22.0. The van der Waals surface area contributed by atoms with Crippen LogP contribution in [0, 0.1) is 20.2 Å². The number of nitrogens with zero attached hydrogens (tertiary/aromatic N) is 2. The number of nitro benzene ring substituents is 2. The van der Waals surface area contributed by atoms with Gasteiger partial charge in [0.15, 0.2) is 0 Å². The molecular formula is C19H16Cl2N2O8. The van der Waals surface area contributed by atoms with E-state index in [1.165, 1.54) is 36.4 Å². The van der Waals surface area contributed by atoms with Crippen LogP contribution in [0.1, 0.15) is 30.4 Å². The van der Waals surface area contributed by atoms with Crippen LogP contribution in [0.5, 0.6) is 0 Å². The summed E-state index contributed by atoms with van der Waals surface area (Å²) in [5.41, 5.74) is -0.381. The SMILES string of the molecule is O=C(CCCC(=O)OCc1cccc(Cl)c1[N+](=O)[O-])OCc1cccc(Cl)c1[N+](=O)[O-]. The van der Waals surface area contributed by atoms with Crippen molar-refractivity contribution in [1.82, 2.24) is 0 Å². The van der Waals surface area contributed by atoms with Crippen molar-refractivity contribution >= 4 is 46.5 Å². The second-order valence-corrected chi connectivity index (χ2v) is 7.00. The molecule has 12 heteroatoms. The van der Waals surface area contributed by atoms with Crippen molar-refractivity contribution in [3.05, 3.63) is 77.8 Å². The van der Waals surface area contributed by atoms with Crippen molar-refractivity contribution in [3.8, 4) is 0 Å². The maximum absolute atomic E-state index is 11.8. The number of benzene rings is 2. The molecule has 0 radical (unpaired) electrons. The number of esters is 2. The van der Waals surface area contributed by atoms with Crippen molar-refractivity contribution in [3.63, 3.8) is 0 Å². The van der Waals surface area contributed by atoms with E-state index in [9.17, 15) is 29.8 Å². The molecule has 2 aromatic rings. The summed E-state index contributed by atoms with van der Waals surface area (Å²) in [5.74, 6) is -1.32. The number of hydrogen-bond acceptors (Lipinski definition) is 8. The fraction of sp³-hybridized carbons (Fsp3) is 0.263. The average Bonchev–Trinajstić information content (AvgIpc) is 2.70. The lowest BCUT2D eigenvalue weighted by atomic mass is 10.2. The monoisotopic (exact) mass is 470 g/mol. The van der Waals surface area contributed by atoms with Gasteiger partial charge >= 0.3 is 11.9 Å². The molecule has 10 nitrogen and oxygen atoms in total. The van der Waals surface area contributed by atoms with Crippen LogP contribution in [-0.2, 0) is 32.3 Å². The molecule has 164 valence electrons. The highest BCUT2D eigenvalue weighted by molar-refractivity contribution is 6.33. The molecule has 31 heavy (non-hydrogen) atoms. The van der Waals surface area contributed by atoms with Crippen LogP contribution < -0.4 is 0 Å². The fourth-order valence-electron chi connectivity index (χ4n) is 2.60. The van der Waals surface area contributed by atoms with Crippen LogP contribution in [0.3, 0.4) is 0 Å². The Balaban J connectivity index is 1.78. The quantitative estimate of drug-likeness (QED) is 0.274. The zero-order chi connectivity index (χ0) is 23.0. The van der Waals surface area contributed by atoms with Crippen LogP contribution in [0.15, 0.2) is 36.4 Å². The normalized spacial score (nSPS) is 10.4. The second kappa shape index (κ2) is 11.2. The molecular weight excluding hydrogens is 455 g/mol. The van der Waals surface area contributed by atoms with Crippen LogP contribution in [0.2, 0.25) is 10.0 Å². The molecule has 0 aliphatic heterocycles. The van der Waals surface area contributed by atoms with Gasteiger partial charge in [-0.1, -0.05) is 35.3 Å². The molecule has 0 unspecified atom stereocenters. The molecule has 0 aliphatic carbocycles. The summed E-state index contributed by atoms with van der Waals surface area (Å²) in [4.78, 5) is 44.5. The van der Waals surface area contributed by atoms with Gasteiger partial charge in [-0.2, -0.15) is 0 Å². The number of carbonyl (C=O) groups is 2. The maximum Gasteiger partial charge on any atom is 0.306 e. The van der Waals surface area contributed by atoms with E-state index >= 15 is 0 Å². The van der Waals surface area contributed by atoms with E-state index in [1.54, 1.807) is 0 Å². The van der Waals surface area contributed by atoms with Gasteiger partial charge in [-0.15, -0.1) is 0 Å². The van der Waals surface area contributed by atoms with Crippen LogP contribution in [-0.4, -0.2) is 21.8 Å². The molecule has 0 aromatic heterocycles. The first-order chi connectivity index (χ1) is 14.7. The van der Waals surface area contributed by atoms with Crippen molar-refractivity contribution in [2.24, 2.45) is 0 Å². The van der Waals surface area contributed by atoms with Gasteiger partial charge in [0.1, 0.15) is 23.3 Å². The zero-order valence-electron chi connectivity index (χ0n) is 15.9. The molecule has 0 aliphatic rings. The Morgan fingerprint density at radius 2 is 1.16 bits per heavy atom. The average molecular weight is 471 g/mol. The van der Waals surface area contributed by atoms with Gasteiger partial charge in [-0.25, -0.2) is 0 Å². The molecule has 0 atom stereocenters. The molecule has 0 fully saturated rings. The highest BCUT2D eigenvalue weighted by Crippen LogP contribution is 2.29. The highest BCUT2D eigenvalue weighted by atomic mass is 35.5. The van der Waals surface area contributed by atoms with Gasteiger partial charge in [-0.3, -0.25) is 29.8 Å². The molecule has 0 N–H and O–H groups in total. The molecule has 0 heterocycles. The number of carbonyl (C=O) groups excluding carboxylic acids is 2. The first-order valence-electron chi connectivity index (χ1n) is 8.85. The van der Waals surface area contributed by atoms with Crippen LogP contribution in [0.25, 0.3) is 0 Å². The Morgan fingerprint density at radius 3 is 1.52 bits per heavy atom. The number of nitro groups is 2. The van der Waals surface area contributed by atoms with Crippen LogP contribution in [0.4, 0.5) is 11.4 Å². The minimum absolute atomic E-state index is 0.0683. The van der Waals surface area contributed by atoms with Gasteiger partial charge in [0.2, 0.25) is 0 Å². The number of ether oxygens (including phenoxy) is 2. The molecule has 2 rings (SSSR count). The molecule has 0 spiro atoms. The zero-order valence-corrected chi connectivity index (χ0v) is 17.4. The standard InChI is InChI=1S/C19H16Cl2N2O8/c20-14-6-1-4-12(18(14)22(26)27)10-30-16(24)8-3-9-17(25)31-11-13-5-2-7-15(21)19(13)23(28)29/h1-2,4-7H,3,8-11H2. The van der Waals surface area contributed by atoms with Gasteiger partial charge < -0.3 is 9.47 Å². The van der Waals surface area contributed by atoms with Gasteiger partial charge in [0, 0.05) is 12.8 Å². The van der Waals surface area contributed by atoms with E-state index in [0.29, 0.717) is 0 Å². The summed E-state index contributed by atoms with van der Waals surface area (Å²) < 4.78 is 9.99. The summed E-state index contributed by atoms with van der Waals surface area (Å²) >= 11 is 11.6. The van der Waals surface area contributed by atoms with Gasteiger partial charge in [0.05, 0.1) is 21.0 Å². The lowest BCUT2D eigenvalue weighted by molar-refractivity contribution is -0.385. The lowest BCUT2D eigenvalue weighted by Gasteiger charge is -2.08. The van der Waals surface area contributed by atoms with Crippen molar-refractivity contribution < 1.29 is 28.9 Å². The Labute approximate surface area is 186 Å². The molecule has 0 saturated carbocycles. The number of halogens is 2. The van der Waals surface area contributed by atoms with E-state index in [0.717, 1.165) is 0 Å². The molecule has 0 saturated heterocycles. The minimum atomic E-state index is -0.661. The third kappa shape index (κ3) is 6.90. The minimum Gasteiger partial charge on any atom is -0.461 e. The lowest BCUT2D eigenvalue weighted by Crippen LogP contribution is -2.09. The Hall–Kier alpha value is -3.24. The molecule has 0 amide bonds. The number of rotatable bonds is 10. The van der Waals surface area contributed by atoms with E-state index in [2.05, 4.69) is 0 Å². The van der Waals surface area contributed by atoms with Crippen molar-refractivity contribution in [2.45, 2.75) is 32.5 Å². The second-order valence-electron chi connectivity index (χ2n) is 6.18. The Bertz CT molecular complexity index is 933. The van der Waals surface area contributed by atoms with Gasteiger partial charge in [-0.05, 0) is 30.7 Å². The number of hydrogen-bond donors (Lipinski definition) is 0. The first-order valence-corrected chi connectivity index (χ1v) is 9.61. The third-order valence-corrected chi connectivity index (χ3v) is 4.65. The van der Waals surface area contributed by atoms with E-state index < -0.39 is 21.8 Å². The van der Waals surface area contributed by atoms with E-state index in [1.807, 2.05) is 0 Å². The fourth-order valence-corrected chi connectivity index (χ4v) is 3.13. The molecule has 0 bridgehead atoms. The number of para-hydroxylation sites is 2. The summed E-state index contributed by atoms with van der Waals surface area (Å²) in [6, 6.07) is 8.55. The van der Waals surface area contributed by atoms with Crippen molar-refractivity contribution in [1.29, 1.82) is 0 Å². The van der Waals surface area contributed by atoms with E-state index in [-0.39, 0.29) is 65.0 Å².